The molecule has 0 aromatic heterocycles. The summed E-state index contributed by atoms with van der Waals surface area (Å²) >= 11 is 3.18. The molecule has 0 bridgehead atoms. The first-order valence-electron chi connectivity index (χ1n) is 6.58. The van der Waals surface area contributed by atoms with Crippen LogP contribution in [-0.2, 0) is 0 Å². The normalized spacial score (nSPS) is 10.2. The third kappa shape index (κ3) is 4.86. The van der Waals surface area contributed by atoms with Crippen LogP contribution in [0.15, 0.2) is 53.0 Å². The van der Waals surface area contributed by atoms with Crippen LogP contribution in [-0.4, -0.2) is 19.1 Å². The van der Waals surface area contributed by atoms with E-state index < -0.39 is 0 Å². The number of ether oxygens (including phenoxy) is 1. The summed E-state index contributed by atoms with van der Waals surface area (Å²) in [6.07, 6.45) is 0.694. The second-order valence-corrected chi connectivity index (χ2v) is 5.25. The lowest BCUT2D eigenvalue weighted by Crippen LogP contribution is -2.25. The lowest BCUT2D eigenvalue weighted by atomic mass is 10.2. The van der Waals surface area contributed by atoms with E-state index in [1.54, 1.807) is 0 Å². The van der Waals surface area contributed by atoms with E-state index in [9.17, 15) is 9.18 Å². The maximum absolute atomic E-state index is 12.9. The van der Waals surface area contributed by atoms with E-state index in [2.05, 4.69) is 21.2 Å². The number of amides is 1. The smallest absolute Gasteiger partial charge is 0.252 e. The van der Waals surface area contributed by atoms with Crippen LogP contribution in [0.4, 0.5) is 4.39 Å². The largest absolute Gasteiger partial charge is 0.494 e. The molecule has 2 aromatic rings. The number of carbonyl (C=O) groups is 1. The second-order valence-electron chi connectivity index (χ2n) is 4.40. The molecular weight excluding hydrogens is 337 g/mol. The standard InChI is InChI=1S/C16H15BrFNO2/c17-15-11-12(18)7-8-14(15)16(20)19-9-4-10-21-13-5-2-1-3-6-13/h1-3,5-8,11H,4,9-10H2,(H,19,20). The van der Waals surface area contributed by atoms with Crippen LogP contribution in [0.25, 0.3) is 0 Å². The van der Waals surface area contributed by atoms with Crippen molar-refractivity contribution in [1.29, 1.82) is 0 Å². The number of hydrogen-bond acceptors (Lipinski definition) is 2. The van der Waals surface area contributed by atoms with Gasteiger partial charge < -0.3 is 10.1 Å². The van der Waals surface area contributed by atoms with Gasteiger partial charge in [-0.2, -0.15) is 0 Å². The maximum Gasteiger partial charge on any atom is 0.252 e. The van der Waals surface area contributed by atoms with Crippen LogP contribution in [0.3, 0.4) is 0 Å². The Balaban J connectivity index is 1.72. The molecule has 0 aliphatic heterocycles. The van der Waals surface area contributed by atoms with Crippen LogP contribution >= 0.6 is 15.9 Å². The number of rotatable bonds is 6. The van der Waals surface area contributed by atoms with E-state index in [-0.39, 0.29) is 11.7 Å². The molecule has 0 spiro atoms. The van der Waals surface area contributed by atoms with Gasteiger partial charge in [-0.3, -0.25) is 4.79 Å². The van der Waals surface area contributed by atoms with Gasteiger partial charge >= 0.3 is 0 Å². The van der Waals surface area contributed by atoms with Gasteiger partial charge in [0.1, 0.15) is 11.6 Å². The molecule has 0 atom stereocenters. The van der Waals surface area contributed by atoms with Crippen molar-refractivity contribution in [2.45, 2.75) is 6.42 Å². The summed E-state index contributed by atoms with van der Waals surface area (Å²) in [5, 5.41) is 2.77. The topological polar surface area (TPSA) is 38.3 Å². The molecule has 0 aliphatic rings. The molecule has 0 saturated carbocycles. The van der Waals surface area contributed by atoms with Crippen molar-refractivity contribution in [2.24, 2.45) is 0 Å². The van der Waals surface area contributed by atoms with E-state index in [0.29, 0.717) is 29.6 Å². The van der Waals surface area contributed by atoms with Gasteiger partial charge in [0, 0.05) is 11.0 Å². The fourth-order valence-electron chi connectivity index (χ4n) is 1.75. The SMILES string of the molecule is O=C(NCCCOc1ccccc1)c1ccc(F)cc1Br. The zero-order chi connectivity index (χ0) is 15.1. The van der Waals surface area contributed by atoms with E-state index in [1.807, 2.05) is 30.3 Å². The van der Waals surface area contributed by atoms with E-state index in [4.69, 9.17) is 4.74 Å². The van der Waals surface area contributed by atoms with Gasteiger partial charge in [-0.05, 0) is 52.7 Å². The minimum Gasteiger partial charge on any atom is -0.494 e. The van der Waals surface area contributed by atoms with Crippen molar-refractivity contribution in [3.63, 3.8) is 0 Å². The maximum atomic E-state index is 12.9. The molecule has 5 heteroatoms. The van der Waals surface area contributed by atoms with Crippen molar-refractivity contribution in [2.75, 3.05) is 13.2 Å². The summed E-state index contributed by atoms with van der Waals surface area (Å²) in [5.74, 6) is 0.196. The third-order valence-corrected chi connectivity index (χ3v) is 3.45. The molecule has 0 unspecified atom stereocenters. The Bertz CT molecular complexity index is 604. The van der Waals surface area contributed by atoms with E-state index in [0.717, 1.165) is 5.75 Å². The Kier molecular flexibility index (Phi) is 5.75. The van der Waals surface area contributed by atoms with Crippen LogP contribution in [0, 0.1) is 5.82 Å². The van der Waals surface area contributed by atoms with Crippen molar-refractivity contribution >= 4 is 21.8 Å². The molecule has 2 aromatic carbocycles. The monoisotopic (exact) mass is 351 g/mol. The first kappa shape index (κ1) is 15.5. The van der Waals surface area contributed by atoms with Crippen molar-refractivity contribution in [1.82, 2.24) is 5.32 Å². The highest BCUT2D eigenvalue weighted by Gasteiger charge is 2.09. The Morgan fingerprint density at radius 2 is 1.95 bits per heavy atom. The van der Waals surface area contributed by atoms with Gasteiger partial charge in [0.2, 0.25) is 0 Å². The van der Waals surface area contributed by atoms with Gasteiger partial charge in [-0.1, -0.05) is 18.2 Å². The highest BCUT2D eigenvalue weighted by molar-refractivity contribution is 9.10. The first-order valence-corrected chi connectivity index (χ1v) is 7.37. The third-order valence-electron chi connectivity index (χ3n) is 2.79. The lowest BCUT2D eigenvalue weighted by Gasteiger charge is -2.08. The zero-order valence-corrected chi connectivity index (χ0v) is 12.9. The summed E-state index contributed by atoms with van der Waals surface area (Å²) in [6, 6.07) is 13.5. The van der Waals surface area contributed by atoms with Crippen LogP contribution in [0.1, 0.15) is 16.8 Å². The highest BCUT2D eigenvalue weighted by atomic mass is 79.9. The minimum atomic E-state index is -0.380. The molecule has 0 heterocycles. The number of benzene rings is 2. The number of halogens is 2. The summed E-state index contributed by atoms with van der Waals surface area (Å²) in [4.78, 5) is 11.9. The molecule has 21 heavy (non-hydrogen) atoms. The number of para-hydroxylation sites is 1. The Labute approximate surface area is 131 Å². The van der Waals surface area contributed by atoms with E-state index in [1.165, 1.54) is 18.2 Å². The Hall–Kier alpha value is -1.88. The molecular formula is C16H15BrFNO2. The quantitative estimate of drug-likeness (QED) is 0.804. The predicted molar refractivity (Wildman–Crippen MR) is 83.0 cm³/mol. The van der Waals surface area contributed by atoms with Gasteiger partial charge in [-0.15, -0.1) is 0 Å². The molecule has 0 fully saturated rings. The highest BCUT2D eigenvalue weighted by Crippen LogP contribution is 2.17. The summed E-state index contributed by atoms with van der Waals surface area (Å²) in [5.41, 5.74) is 0.417. The fourth-order valence-corrected chi connectivity index (χ4v) is 2.28. The Morgan fingerprint density at radius 1 is 1.19 bits per heavy atom. The van der Waals surface area contributed by atoms with Crippen molar-refractivity contribution < 1.29 is 13.9 Å². The zero-order valence-electron chi connectivity index (χ0n) is 11.3. The van der Waals surface area contributed by atoms with Gasteiger partial charge in [0.15, 0.2) is 0 Å². The molecule has 110 valence electrons. The second kappa shape index (κ2) is 7.78. The lowest BCUT2D eigenvalue weighted by molar-refractivity contribution is 0.0950. The van der Waals surface area contributed by atoms with Gasteiger partial charge in [-0.25, -0.2) is 4.39 Å². The average Bonchev–Trinajstić information content (AvgIpc) is 2.47. The molecule has 1 N–H and O–H groups in total. The summed E-state index contributed by atoms with van der Waals surface area (Å²) < 4.78 is 18.9. The van der Waals surface area contributed by atoms with Crippen LogP contribution in [0.2, 0.25) is 0 Å². The molecule has 3 nitrogen and oxygen atoms in total. The van der Waals surface area contributed by atoms with Crippen LogP contribution < -0.4 is 10.1 Å². The molecule has 2 rings (SSSR count). The number of carbonyl (C=O) groups excluding carboxylic acids is 1. The minimum absolute atomic E-state index is 0.235. The molecule has 0 radical (unpaired) electrons. The fraction of sp³-hybridized carbons (Fsp3) is 0.188. The Morgan fingerprint density at radius 3 is 2.67 bits per heavy atom. The number of nitrogens with one attached hydrogen (secondary N) is 1. The molecule has 0 saturated heterocycles. The van der Waals surface area contributed by atoms with Crippen molar-refractivity contribution in [3.8, 4) is 5.75 Å². The van der Waals surface area contributed by atoms with Crippen LogP contribution in [0.5, 0.6) is 5.75 Å². The van der Waals surface area contributed by atoms with Gasteiger partial charge in [0.25, 0.3) is 5.91 Å². The predicted octanol–water partition coefficient (Wildman–Crippen LogP) is 3.79. The average molecular weight is 352 g/mol. The first-order chi connectivity index (χ1) is 10.2. The van der Waals surface area contributed by atoms with Crippen molar-refractivity contribution in [3.05, 3.63) is 64.4 Å². The molecule has 0 aliphatic carbocycles. The summed E-state index contributed by atoms with van der Waals surface area (Å²) in [7, 11) is 0. The summed E-state index contributed by atoms with van der Waals surface area (Å²) in [6.45, 7) is 1.02. The molecule has 1 amide bonds. The number of hydrogen-bond donors (Lipinski definition) is 1. The van der Waals surface area contributed by atoms with Gasteiger partial charge in [0.05, 0.1) is 12.2 Å². The van der Waals surface area contributed by atoms with E-state index >= 15 is 0 Å².